The SMILES string of the molecule is CN1CCC(=O)Nc2cc(C(=O)NC3CCNC3)ccc21. The number of carbonyl (C=O) groups is 2. The lowest BCUT2D eigenvalue weighted by Crippen LogP contribution is -2.36. The molecule has 2 aliphatic heterocycles. The third kappa shape index (κ3) is 3.00. The van der Waals surface area contributed by atoms with E-state index in [0.29, 0.717) is 24.2 Å². The summed E-state index contributed by atoms with van der Waals surface area (Å²) in [5.74, 6) is -0.106. The van der Waals surface area contributed by atoms with E-state index in [1.165, 1.54) is 0 Å². The Labute approximate surface area is 123 Å². The van der Waals surface area contributed by atoms with Gasteiger partial charge in [-0.2, -0.15) is 0 Å². The van der Waals surface area contributed by atoms with E-state index >= 15 is 0 Å². The average molecular weight is 288 g/mol. The van der Waals surface area contributed by atoms with E-state index in [2.05, 4.69) is 16.0 Å². The second-order valence-corrected chi connectivity index (χ2v) is 5.61. The van der Waals surface area contributed by atoms with Gasteiger partial charge in [0.2, 0.25) is 5.91 Å². The van der Waals surface area contributed by atoms with Crippen LogP contribution >= 0.6 is 0 Å². The minimum atomic E-state index is -0.0901. The molecule has 1 atom stereocenters. The van der Waals surface area contributed by atoms with Gasteiger partial charge in [-0.05, 0) is 31.2 Å². The lowest BCUT2D eigenvalue weighted by atomic mass is 10.1. The molecule has 1 aromatic rings. The summed E-state index contributed by atoms with van der Waals surface area (Å²) in [4.78, 5) is 26.0. The molecule has 2 amide bonds. The molecule has 0 aromatic heterocycles. The Balaban J connectivity index is 1.80. The Hall–Kier alpha value is -2.08. The number of benzene rings is 1. The topological polar surface area (TPSA) is 73.5 Å². The molecule has 3 rings (SSSR count). The van der Waals surface area contributed by atoms with Gasteiger partial charge in [-0.25, -0.2) is 0 Å². The predicted molar refractivity (Wildman–Crippen MR) is 81.7 cm³/mol. The molecular weight excluding hydrogens is 268 g/mol. The van der Waals surface area contributed by atoms with Crippen molar-refractivity contribution in [3.05, 3.63) is 23.8 Å². The quantitative estimate of drug-likeness (QED) is 0.743. The van der Waals surface area contributed by atoms with Crippen LogP contribution in [0.2, 0.25) is 0 Å². The highest BCUT2D eigenvalue weighted by molar-refractivity contribution is 6.01. The second-order valence-electron chi connectivity index (χ2n) is 5.61. The first kappa shape index (κ1) is 13.9. The van der Waals surface area contributed by atoms with E-state index in [-0.39, 0.29) is 17.9 Å². The van der Waals surface area contributed by atoms with Crippen molar-refractivity contribution in [3.8, 4) is 0 Å². The Morgan fingerprint density at radius 1 is 1.43 bits per heavy atom. The van der Waals surface area contributed by atoms with Gasteiger partial charge in [0.1, 0.15) is 0 Å². The maximum Gasteiger partial charge on any atom is 0.251 e. The van der Waals surface area contributed by atoms with E-state index in [9.17, 15) is 9.59 Å². The van der Waals surface area contributed by atoms with Gasteiger partial charge < -0.3 is 20.9 Å². The van der Waals surface area contributed by atoms with Crippen LogP contribution in [0, 0.1) is 0 Å². The third-order valence-electron chi connectivity index (χ3n) is 4.01. The molecule has 2 aliphatic rings. The van der Waals surface area contributed by atoms with Crippen LogP contribution < -0.4 is 20.9 Å². The van der Waals surface area contributed by atoms with Crippen LogP contribution in [0.4, 0.5) is 11.4 Å². The average Bonchev–Trinajstić information content (AvgIpc) is 2.92. The van der Waals surface area contributed by atoms with Crippen LogP contribution in [-0.4, -0.2) is 44.5 Å². The number of fused-ring (bicyclic) bond motifs is 1. The maximum atomic E-state index is 12.3. The van der Waals surface area contributed by atoms with Crippen molar-refractivity contribution in [2.24, 2.45) is 0 Å². The zero-order valence-corrected chi connectivity index (χ0v) is 12.1. The van der Waals surface area contributed by atoms with Crippen LogP contribution in [-0.2, 0) is 4.79 Å². The van der Waals surface area contributed by atoms with Gasteiger partial charge >= 0.3 is 0 Å². The van der Waals surface area contributed by atoms with Gasteiger partial charge in [-0.15, -0.1) is 0 Å². The molecule has 0 saturated carbocycles. The van der Waals surface area contributed by atoms with Crippen molar-refractivity contribution in [1.82, 2.24) is 10.6 Å². The van der Waals surface area contributed by atoms with Gasteiger partial charge in [0.25, 0.3) is 5.91 Å². The summed E-state index contributed by atoms with van der Waals surface area (Å²) in [7, 11) is 1.95. The number of rotatable bonds is 2. The molecule has 3 N–H and O–H groups in total. The van der Waals surface area contributed by atoms with E-state index in [1.807, 2.05) is 24.1 Å². The number of nitrogens with one attached hydrogen (secondary N) is 3. The first-order chi connectivity index (χ1) is 10.1. The van der Waals surface area contributed by atoms with Gasteiger partial charge in [-0.1, -0.05) is 0 Å². The molecule has 0 spiro atoms. The molecule has 2 heterocycles. The summed E-state index contributed by atoms with van der Waals surface area (Å²) in [6, 6.07) is 5.65. The summed E-state index contributed by atoms with van der Waals surface area (Å²) in [6.45, 7) is 2.43. The summed E-state index contributed by atoms with van der Waals surface area (Å²) in [5.41, 5.74) is 2.23. The second kappa shape index (κ2) is 5.73. The normalized spacial score (nSPS) is 21.5. The summed E-state index contributed by atoms with van der Waals surface area (Å²) in [6.07, 6.45) is 1.41. The Morgan fingerprint density at radius 3 is 3.05 bits per heavy atom. The zero-order chi connectivity index (χ0) is 14.8. The zero-order valence-electron chi connectivity index (χ0n) is 12.1. The largest absolute Gasteiger partial charge is 0.372 e. The standard InChI is InChI=1S/C15H20N4O2/c1-19-7-5-14(20)18-12-8-10(2-3-13(12)19)15(21)17-11-4-6-16-9-11/h2-3,8,11,16H,4-7,9H2,1H3,(H,17,21)(H,18,20). The fourth-order valence-electron chi connectivity index (χ4n) is 2.76. The third-order valence-corrected chi connectivity index (χ3v) is 4.01. The van der Waals surface area contributed by atoms with E-state index in [1.54, 1.807) is 6.07 Å². The smallest absolute Gasteiger partial charge is 0.251 e. The molecule has 1 fully saturated rings. The lowest BCUT2D eigenvalue weighted by Gasteiger charge is -2.19. The summed E-state index contributed by atoms with van der Waals surface area (Å²) >= 11 is 0. The van der Waals surface area contributed by atoms with Crippen molar-refractivity contribution in [1.29, 1.82) is 0 Å². The van der Waals surface area contributed by atoms with Gasteiger partial charge in [0.15, 0.2) is 0 Å². The van der Waals surface area contributed by atoms with E-state index in [0.717, 1.165) is 25.2 Å². The molecule has 112 valence electrons. The van der Waals surface area contributed by atoms with Crippen LogP contribution in [0.5, 0.6) is 0 Å². The van der Waals surface area contributed by atoms with Crippen molar-refractivity contribution in [2.45, 2.75) is 18.9 Å². The van der Waals surface area contributed by atoms with Crippen LogP contribution in [0.15, 0.2) is 18.2 Å². The van der Waals surface area contributed by atoms with Crippen LogP contribution in [0.1, 0.15) is 23.2 Å². The minimum Gasteiger partial charge on any atom is -0.372 e. The first-order valence-electron chi connectivity index (χ1n) is 7.30. The van der Waals surface area contributed by atoms with Crippen molar-refractivity contribution >= 4 is 23.2 Å². The first-order valence-corrected chi connectivity index (χ1v) is 7.30. The van der Waals surface area contributed by atoms with Crippen LogP contribution in [0.25, 0.3) is 0 Å². The fraction of sp³-hybridized carbons (Fsp3) is 0.467. The Morgan fingerprint density at radius 2 is 2.29 bits per heavy atom. The van der Waals surface area contributed by atoms with Gasteiger partial charge in [-0.3, -0.25) is 9.59 Å². The van der Waals surface area contributed by atoms with E-state index < -0.39 is 0 Å². The predicted octanol–water partition coefficient (Wildman–Crippen LogP) is 0.557. The van der Waals surface area contributed by atoms with Crippen molar-refractivity contribution < 1.29 is 9.59 Å². The molecule has 1 unspecified atom stereocenters. The molecule has 1 aromatic carbocycles. The van der Waals surface area contributed by atoms with E-state index in [4.69, 9.17) is 0 Å². The van der Waals surface area contributed by atoms with Crippen molar-refractivity contribution in [2.75, 3.05) is 36.9 Å². The highest BCUT2D eigenvalue weighted by atomic mass is 16.2. The summed E-state index contributed by atoms with van der Waals surface area (Å²) in [5, 5.41) is 9.10. The lowest BCUT2D eigenvalue weighted by molar-refractivity contribution is -0.115. The highest BCUT2D eigenvalue weighted by Gasteiger charge is 2.20. The number of carbonyl (C=O) groups excluding carboxylic acids is 2. The molecule has 0 radical (unpaired) electrons. The van der Waals surface area contributed by atoms with Crippen molar-refractivity contribution in [3.63, 3.8) is 0 Å². The number of nitrogens with zero attached hydrogens (tertiary/aromatic N) is 1. The molecule has 21 heavy (non-hydrogen) atoms. The van der Waals surface area contributed by atoms with Crippen LogP contribution in [0.3, 0.4) is 0 Å². The van der Waals surface area contributed by atoms with Gasteiger partial charge in [0, 0.05) is 38.2 Å². The highest BCUT2D eigenvalue weighted by Crippen LogP contribution is 2.28. The molecule has 0 aliphatic carbocycles. The monoisotopic (exact) mass is 288 g/mol. The minimum absolute atomic E-state index is 0.0156. The molecular formula is C15H20N4O2. The number of anilines is 2. The Bertz CT molecular complexity index is 567. The maximum absolute atomic E-state index is 12.3. The van der Waals surface area contributed by atoms with Gasteiger partial charge in [0.05, 0.1) is 11.4 Å². The molecule has 6 heteroatoms. The number of hydrogen-bond acceptors (Lipinski definition) is 4. The Kier molecular flexibility index (Phi) is 3.79. The number of hydrogen-bond donors (Lipinski definition) is 3. The molecule has 6 nitrogen and oxygen atoms in total. The molecule has 1 saturated heterocycles. The summed E-state index contributed by atoms with van der Waals surface area (Å²) < 4.78 is 0. The fourth-order valence-corrected chi connectivity index (χ4v) is 2.76. The molecule has 0 bridgehead atoms. The number of amides is 2.